The van der Waals surface area contributed by atoms with Gasteiger partial charge in [0.05, 0.1) is 16.8 Å². The molecule has 0 aliphatic heterocycles. The van der Waals surface area contributed by atoms with Gasteiger partial charge in [-0.2, -0.15) is 5.10 Å². The van der Waals surface area contributed by atoms with Crippen molar-refractivity contribution >= 4 is 29.1 Å². The molecule has 1 heterocycles. The lowest BCUT2D eigenvalue weighted by molar-refractivity contribution is 0.0594. The molecule has 3 rings (SSSR count). The third-order valence-corrected chi connectivity index (χ3v) is 5.09. The van der Waals surface area contributed by atoms with Gasteiger partial charge in [0.15, 0.2) is 5.69 Å². The van der Waals surface area contributed by atoms with Crippen LogP contribution in [0.2, 0.25) is 10.0 Å². The van der Waals surface area contributed by atoms with Gasteiger partial charge in [-0.1, -0.05) is 23.2 Å². The number of likely N-dealkylation sites (N-methyl/N-ethyl adjacent to an activating group) is 1. The molecule has 0 radical (unpaired) electrons. The Morgan fingerprint density at radius 1 is 1.40 bits per heavy atom. The van der Waals surface area contributed by atoms with Crippen LogP contribution in [0.1, 0.15) is 35.1 Å². The van der Waals surface area contributed by atoms with E-state index in [1.807, 2.05) is 13.0 Å². The highest BCUT2D eigenvalue weighted by Crippen LogP contribution is 2.32. The van der Waals surface area contributed by atoms with E-state index in [0.717, 1.165) is 36.2 Å². The molecule has 1 aliphatic rings. The summed E-state index contributed by atoms with van der Waals surface area (Å²) in [6.07, 6.45) is 2.72. The summed E-state index contributed by atoms with van der Waals surface area (Å²) in [5.41, 5.74) is 3.33. The summed E-state index contributed by atoms with van der Waals surface area (Å²) in [5.74, 6) is -0.0918. The number of carbonyl (C=O) groups is 1. The van der Waals surface area contributed by atoms with E-state index in [-0.39, 0.29) is 12.0 Å². The number of amides is 1. The van der Waals surface area contributed by atoms with Crippen molar-refractivity contribution in [3.05, 3.63) is 45.2 Å². The summed E-state index contributed by atoms with van der Waals surface area (Å²) in [6.45, 7) is 2.44. The van der Waals surface area contributed by atoms with E-state index in [1.54, 1.807) is 35.9 Å². The number of rotatable bonds is 5. The Hall–Kier alpha value is -1.56. The zero-order chi connectivity index (χ0) is 18.1. The Morgan fingerprint density at radius 2 is 2.16 bits per heavy atom. The van der Waals surface area contributed by atoms with Gasteiger partial charge in [0.1, 0.15) is 0 Å². The molecule has 0 spiro atoms. The largest absolute Gasteiger partial charge is 0.380 e. The summed E-state index contributed by atoms with van der Waals surface area (Å²) in [7, 11) is 3.41. The van der Waals surface area contributed by atoms with Crippen molar-refractivity contribution in [1.29, 1.82) is 0 Å². The Balaban J connectivity index is 1.99. The maximum absolute atomic E-state index is 12.9. The molecule has 7 heteroatoms. The lowest BCUT2D eigenvalue weighted by Crippen LogP contribution is -2.34. The van der Waals surface area contributed by atoms with Crippen molar-refractivity contribution < 1.29 is 9.53 Å². The lowest BCUT2D eigenvalue weighted by atomic mass is 10.2. The van der Waals surface area contributed by atoms with Gasteiger partial charge in [-0.05, 0) is 44.4 Å². The van der Waals surface area contributed by atoms with Gasteiger partial charge in [0.25, 0.3) is 5.91 Å². The Morgan fingerprint density at radius 3 is 2.84 bits per heavy atom. The van der Waals surface area contributed by atoms with E-state index < -0.39 is 0 Å². The molecule has 0 bridgehead atoms. The highest BCUT2D eigenvalue weighted by Gasteiger charge is 2.29. The van der Waals surface area contributed by atoms with E-state index in [9.17, 15) is 4.79 Å². The SMILES string of the molecule is COC(C)CN(C)C(=O)c1nn(-c2ccc(Cl)cc2Cl)c2c1CCC2. The van der Waals surface area contributed by atoms with Gasteiger partial charge in [-0.3, -0.25) is 4.79 Å². The normalized spacial score (nSPS) is 14.4. The average Bonchev–Trinajstić information content (AvgIpc) is 3.17. The summed E-state index contributed by atoms with van der Waals surface area (Å²) in [4.78, 5) is 14.5. The first-order valence-corrected chi connectivity index (χ1v) is 9.02. The molecule has 1 unspecified atom stereocenters. The lowest BCUT2D eigenvalue weighted by Gasteiger charge is -2.20. The van der Waals surface area contributed by atoms with Crippen LogP contribution in [0.5, 0.6) is 0 Å². The van der Waals surface area contributed by atoms with Crippen LogP contribution < -0.4 is 0 Å². The van der Waals surface area contributed by atoms with E-state index in [4.69, 9.17) is 27.9 Å². The number of aromatic nitrogens is 2. The van der Waals surface area contributed by atoms with Crippen molar-refractivity contribution in [1.82, 2.24) is 14.7 Å². The summed E-state index contributed by atoms with van der Waals surface area (Å²) >= 11 is 12.3. The second kappa shape index (κ2) is 7.36. The molecule has 1 atom stereocenters. The molecule has 134 valence electrons. The number of hydrogen-bond donors (Lipinski definition) is 0. The summed E-state index contributed by atoms with van der Waals surface area (Å²) in [5, 5.41) is 5.69. The van der Waals surface area contributed by atoms with Crippen LogP contribution in [-0.2, 0) is 17.6 Å². The van der Waals surface area contributed by atoms with Gasteiger partial charge < -0.3 is 9.64 Å². The maximum Gasteiger partial charge on any atom is 0.274 e. The molecule has 0 N–H and O–H groups in total. The fourth-order valence-corrected chi connectivity index (χ4v) is 3.67. The van der Waals surface area contributed by atoms with Crippen LogP contribution in [0.25, 0.3) is 5.69 Å². The number of fused-ring (bicyclic) bond motifs is 1. The molecule has 1 aromatic carbocycles. The fraction of sp³-hybridized carbons (Fsp3) is 0.444. The fourth-order valence-electron chi connectivity index (χ4n) is 3.19. The van der Waals surface area contributed by atoms with E-state index >= 15 is 0 Å². The number of ether oxygens (including phenoxy) is 1. The molecule has 0 fully saturated rings. The first-order valence-electron chi connectivity index (χ1n) is 8.26. The van der Waals surface area contributed by atoms with Gasteiger partial charge in [0.2, 0.25) is 0 Å². The molecule has 1 amide bonds. The number of halogens is 2. The van der Waals surface area contributed by atoms with Crippen molar-refractivity contribution in [3.63, 3.8) is 0 Å². The molecule has 2 aromatic rings. The molecule has 5 nitrogen and oxygen atoms in total. The Bertz CT molecular complexity index is 804. The van der Waals surface area contributed by atoms with Crippen molar-refractivity contribution in [2.75, 3.05) is 20.7 Å². The minimum absolute atomic E-state index is 0.0326. The second-order valence-electron chi connectivity index (χ2n) is 6.37. The second-order valence-corrected chi connectivity index (χ2v) is 7.21. The van der Waals surface area contributed by atoms with Crippen LogP contribution in [0, 0.1) is 0 Å². The third kappa shape index (κ3) is 3.54. The van der Waals surface area contributed by atoms with E-state index in [1.165, 1.54) is 0 Å². The highest BCUT2D eigenvalue weighted by molar-refractivity contribution is 6.35. The summed E-state index contributed by atoms with van der Waals surface area (Å²) in [6, 6.07) is 5.30. The standard InChI is InChI=1S/C18H21Cl2N3O2/c1-11(25-3)10-22(2)18(24)17-13-5-4-6-15(13)23(21-17)16-8-7-12(19)9-14(16)20/h7-9,11H,4-6,10H2,1-3H3. The number of hydrogen-bond acceptors (Lipinski definition) is 3. The molecule has 25 heavy (non-hydrogen) atoms. The number of benzene rings is 1. The van der Waals surface area contributed by atoms with E-state index in [0.29, 0.717) is 22.3 Å². The van der Waals surface area contributed by atoms with Gasteiger partial charge >= 0.3 is 0 Å². The molecule has 1 aromatic heterocycles. The van der Waals surface area contributed by atoms with Gasteiger partial charge in [-0.15, -0.1) is 0 Å². The minimum Gasteiger partial charge on any atom is -0.380 e. The number of methoxy groups -OCH3 is 1. The van der Waals surface area contributed by atoms with Crippen LogP contribution in [0.15, 0.2) is 18.2 Å². The van der Waals surface area contributed by atoms with Crippen LogP contribution >= 0.6 is 23.2 Å². The van der Waals surface area contributed by atoms with Crippen molar-refractivity contribution in [3.8, 4) is 5.69 Å². The number of carbonyl (C=O) groups excluding carboxylic acids is 1. The van der Waals surface area contributed by atoms with Gasteiger partial charge in [0, 0.05) is 37.0 Å². The quantitative estimate of drug-likeness (QED) is 0.791. The molecule has 0 saturated carbocycles. The maximum atomic E-state index is 12.9. The molecule has 0 saturated heterocycles. The van der Waals surface area contributed by atoms with Crippen LogP contribution in [0.4, 0.5) is 0 Å². The van der Waals surface area contributed by atoms with Gasteiger partial charge in [-0.25, -0.2) is 4.68 Å². The third-order valence-electron chi connectivity index (χ3n) is 4.55. The molecular weight excluding hydrogens is 361 g/mol. The first kappa shape index (κ1) is 18.2. The average molecular weight is 382 g/mol. The Kier molecular flexibility index (Phi) is 5.37. The van der Waals surface area contributed by atoms with E-state index in [2.05, 4.69) is 5.10 Å². The summed E-state index contributed by atoms with van der Waals surface area (Å²) < 4.78 is 7.04. The Labute approximate surface area is 157 Å². The van der Waals surface area contributed by atoms with Crippen molar-refractivity contribution in [2.24, 2.45) is 0 Å². The smallest absolute Gasteiger partial charge is 0.274 e. The minimum atomic E-state index is -0.0918. The highest BCUT2D eigenvalue weighted by atomic mass is 35.5. The predicted molar refractivity (Wildman–Crippen MR) is 99.0 cm³/mol. The van der Waals surface area contributed by atoms with Crippen LogP contribution in [-0.4, -0.2) is 47.4 Å². The first-order chi connectivity index (χ1) is 11.9. The topological polar surface area (TPSA) is 47.4 Å². The van der Waals surface area contributed by atoms with Crippen molar-refractivity contribution in [2.45, 2.75) is 32.3 Å². The van der Waals surface area contributed by atoms with Crippen LogP contribution in [0.3, 0.4) is 0 Å². The number of nitrogens with zero attached hydrogens (tertiary/aromatic N) is 3. The predicted octanol–water partition coefficient (Wildman–Crippen LogP) is 3.77. The zero-order valence-corrected chi connectivity index (χ0v) is 16.1. The monoisotopic (exact) mass is 381 g/mol. The molecular formula is C18H21Cl2N3O2. The zero-order valence-electron chi connectivity index (χ0n) is 14.6. The molecule has 1 aliphatic carbocycles.